The van der Waals surface area contributed by atoms with E-state index < -0.39 is 0 Å². The van der Waals surface area contributed by atoms with Crippen LogP contribution in [0.4, 0.5) is 0 Å². The van der Waals surface area contributed by atoms with Gasteiger partial charge >= 0.3 is 0 Å². The molecule has 1 aromatic carbocycles. The summed E-state index contributed by atoms with van der Waals surface area (Å²) in [6.07, 6.45) is 3.90. The average Bonchev–Trinajstić information content (AvgIpc) is 2.46. The van der Waals surface area contributed by atoms with E-state index >= 15 is 0 Å². The molecule has 0 aliphatic carbocycles. The highest BCUT2D eigenvalue weighted by molar-refractivity contribution is 5.93. The van der Waals surface area contributed by atoms with Crippen molar-refractivity contribution in [2.24, 2.45) is 11.7 Å². The van der Waals surface area contributed by atoms with Crippen LogP contribution < -0.4 is 11.1 Å². The van der Waals surface area contributed by atoms with Gasteiger partial charge in [0.15, 0.2) is 0 Å². The zero-order valence-electron chi connectivity index (χ0n) is 13.2. The SMILES string of the molecule is Cc1cc(C(N)=O)ccc1CNCCC1CCN(C)CC1. The predicted octanol–water partition coefficient (Wildman–Crippen LogP) is 1.92. The molecule has 4 heteroatoms. The molecule has 1 amide bonds. The number of amides is 1. The number of benzene rings is 1. The minimum atomic E-state index is -0.361. The summed E-state index contributed by atoms with van der Waals surface area (Å²) in [7, 11) is 2.20. The highest BCUT2D eigenvalue weighted by Gasteiger charge is 2.15. The van der Waals surface area contributed by atoms with Crippen LogP contribution in [0.5, 0.6) is 0 Å². The topological polar surface area (TPSA) is 58.4 Å². The van der Waals surface area contributed by atoms with Crippen molar-refractivity contribution in [3.8, 4) is 0 Å². The summed E-state index contributed by atoms with van der Waals surface area (Å²) in [5, 5.41) is 3.52. The Labute approximate surface area is 127 Å². The smallest absolute Gasteiger partial charge is 0.248 e. The lowest BCUT2D eigenvalue weighted by molar-refractivity contribution is 0.1000. The molecule has 2 rings (SSSR count). The summed E-state index contributed by atoms with van der Waals surface area (Å²) >= 11 is 0. The first-order valence-corrected chi connectivity index (χ1v) is 7.85. The number of likely N-dealkylation sites (tertiary alicyclic amines) is 1. The van der Waals surface area contributed by atoms with E-state index in [0.29, 0.717) is 5.56 Å². The summed E-state index contributed by atoms with van der Waals surface area (Å²) in [5.41, 5.74) is 8.24. The third-order valence-electron chi connectivity index (χ3n) is 4.51. The molecule has 1 fully saturated rings. The number of piperidine rings is 1. The lowest BCUT2D eigenvalue weighted by Gasteiger charge is -2.28. The van der Waals surface area contributed by atoms with Crippen LogP contribution in [0.15, 0.2) is 18.2 Å². The van der Waals surface area contributed by atoms with E-state index in [2.05, 4.69) is 17.3 Å². The lowest BCUT2D eigenvalue weighted by atomic mass is 9.94. The normalized spacial score (nSPS) is 17.0. The number of hydrogen-bond acceptors (Lipinski definition) is 3. The molecule has 4 nitrogen and oxygen atoms in total. The largest absolute Gasteiger partial charge is 0.366 e. The van der Waals surface area contributed by atoms with Crippen molar-refractivity contribution in [1.82, 2.24) is 10.2 Å². The minimum Gasteiger partial charge on any atom is -0.366 e. The van der Waals surface area contributed by atoms with Crippen LogP contribution in [0.25, 0.3) is 0 Å². The molecule has 0 saturated carbocycles. The van der Waals surface area contributed by atoms with Gasteiger partial charge in [-0.3, -0.25) is 4.79 Å². The third kappa shape index (κ3) is 4.83. The molecule has 0 spiro atoms. The van der Waals surface area contributed by atoms with Gasteiger partial charge < -0.3 is 16.0 Å². The van der Waals surface area contributed by atoms with Gasteiger partial charge in [-0.1, -0.05) is 6.07 Å². The van der Waals surface area contributed by atoms with Crippen molar-refractivity contribution in [2.45, 2.75) is 32.7 Å². The Balaban J connectivity index is 1.72. The van der Waals surface area contributed by atoms with E-state index in [-0.39, 0.29) is 5.91 Å². The standard InChI is InChI=1S/C17H27N3O/c1-13-11-15(17(18)21)3-4-16(13)12-19-8-5-14-6-9-20(2)10-7-14/h3-4,11,14,19H,5-10,12H2,1-2H3,(H2,18,21). The first-order chi connectivity index (χ1) is 10.1. The summed E-state index contributed by atoms with van der Waals surface area (Å²) in [6, 6.07) is 5.68. The van der Waals surface area contributed by atoms with Gasteiger partial charge in [-0.2, -0.15) is 0 Å². The zero-order chi connectivity index (χ0) is 15.2. The molecule has 0 unspecified atom stereocenters. The van der Waals surface area contributed by atoms with Gasteiger partial charge in [0.05, 0.1) is 0 Å². The van der Waals surface area contributed by atoms with Gasteiger partial charge in [0.1, 0.15) is 0 Å². The van der Waals surface area contributed by atoms with Gasteiger partial charge in [-0.05, 0) is 82.0 Å². The van der Waals surface area contributed by atoms with Crippen molar-refractivity contribution < 1.29 is 4.79 Å². The Hall–Kier alpha value is -1.39. The van der Waals surface area contributed by atoms with Crippen LogP contribution in [0, 0.1) is 12.8 Å². The molecule has 1 saturated heterocycles. The Kier molecular flexibility index (Phi) is 5.76. The Bertz CT molecular complexity index is 479. The first-order valence-electron chi connectivity index (χ1n) is 7.85. The van der Waals surface area contributed by atoms with Gasteiger partial charge in [0, 0.05) is 12.1 Å². The first kappa shape index (κ1) is 16.0. The predicted molar refractivity (Wildman–Crippen MR) is 86.2 cm³/mol. The average molecular weight is 289 g/mol. The maximum absolute atomic E-state index is 11.1. The number of nitrogens with one attached hydrogen (secondary N) is 1. The van der Waals surface area contributed by atoms with Crippen LogP contribution in [0.1, 0.15) is 40.7 Å². The highest BCUT2D eigenvalue weighted by atomic mass is 16.1. The number of primary amides is 1. The summed E-state index contributed by atoms with van der Waals surface area (Å²) in [4.78, 5) is 13.5. The molecule has 0 aromatic heterocycles. The van der Waals surface area contributed by atoms with Crippen molar-refractivity contribution in [3.05, 3.63) is 34.9 Å². The van der Waals surface area contributed by atoms with Gasteiger partial charge in [0.2, 0.25) is 5.91 Å². The second kappa shape index (κ2) is 7.57. The fourth-order valence-corrected chi connectivity index (χ4v) is 2.93. The number of rotatable bonds is 6. The Morgan fingerprint density at radius 2 is 2.10 bits per heavy atom. The van der Waals surface area contributed by atoms with Crippen molar-refractivity contribution >= 4 is 5.91 Å². The van der Waals surface area contributed by atoms with E-state index in [0.717, 1.165) is 24.6 Å². The van der Waals surface area contributed by atoms with Crippen molar-refractivity contribution in [3.63, 3.8) is 0 Å². The van der Waals surface area contributed by atoms with E-state index in [1.54, 1.807) is 0 Å². The fourth-order valence-electron chi connectivity index (χ4n) is 2.93. The van der Waals surface area contributed by atoms with Crippen LogP contribution in [-0.2, 0) is 6.54 Å². The number of nitrogens with zero attached hydrogens (tertiary/aromatic N) is 1. The molecule has 116 valence electrons. The molecule has 0 bridgehead atoms. The monoisotopic (exact) mass is 289 g/mol. The van der Waals surface area contributed by atoms with Gasteiger partial charge in [0.25, 0.3) is 0 Å². The summed E-state index contributed by atoms with van der Waals surface area (Å²) in [6.45, 7) is 6.42. The number of aryl methyl sites for hydroxylation is 1. The molecule has 1 aromatic rings. The maximum atomic E-state index is 11.1. The second-order valence-electron chi connectivity index (χ2n) is 6.22. The van der Waals surface area contributed by atoms with Gasteiger partial charge in [-0.25, -0.2) is 0 Å². The van der Waals surface area contributed by atoms with Crippen LogP contribution in [0.3, 0.4) is 0 Å². The van der Waals surface area contributed by atoms with E-state index in [1.807, 2.05) is 25.1 Å². The Morgan fingerprint density at radius 3 is 2.71 bits per heavy atom. The molecular weight excluding hydrogens is 262 g/mol. The molecule has 21 heavy (non-hydrogen) atoms. The quantitative estimate of drug-likeness (QED) is 0.787. The minimum absolute atomic E-state index is 0.361. The van der Waals surface area contributed by atoms with E-state index in [1.165, 1.54) is 37.9 Å². The zero-order valence-corrected chi connectivity index (χ0v) is 13.2. The molecule has 0 radical (unpaired) electrons. The number of carbonyl (C=O) groups excluding carboxylic acids is 1. The molecule has 1 aliphatic heterocycles. The van der Waals surface area contributed by atoms with Crippen molar-refractivity contribution in [2.75, 3.05) is 26.7 Å². The van der Waals surface area contributed by atoms with Gasteiger partial charge in [-0.15, -0.1) is 0 Å². The maximum Gasteiger partial charge on any atom is 0.248 e. The number of nitrogens with two attached hydrogens (primary N) is 1. The van der Waals surface area contributed by atoms with Crippen molar-refractivity contribution in [1.29, 1.82) is 0 Å². The molecule has 3 N–H and O–H groups in total. The van der Waals surface area contributed by atoms with E-state index in [4.69, 9.17) is 5.73 Å². The number of carbonyl (C=O) groups is 1. The molecule has 0 atom stereocenters. The Morgan fingerprint density at radius 1 is 1.38 bits per heavy atom. The second-order valence-corrected chi connectivity index (χ2v) is 6.22. The van der Waals surface area contributed by atoms with E-state index in [9.17, 15) is 4.79 Å². The van der Waals surface area contributed by atoms with Crippen LogP contribution in [0.2, 0.25) is 0 Å². The fraction of sp³-hybridized carbons (Fsp3) is 0.588. The molecule has 1 aliphatic rings. The summed E-state index contributed by atoms with van der Waals surface area (Å²) in [5.74, 6) is 0.506. The third-order valence-corrected chi connectivity index (χ3v) is 4.51. The summed E-state index contributed by atoms with van der Waals surface area (Å²) < 4.78 is 0. The van der Waals surface area contributed by atoms with Crippen LogP contribution >= 0.6 is 0 Å². The molecular formula is C17H27N3O. The number of hydrogen-bond donors (Lipinski definition) is 2. The van der Waals surface area contributed by atoms with Crippen LogP contribution in [-0.4, -0.2) is 37.5 Å². The molecule has 1 heterocycles. The lowest BCUT2D eigenvalue weighted by Crippen LogP contribution is -2.31. The highest BCUT2D eigenvalue weighted by Crippen LogP contribution is 2.19.